The fraction of sp³-hybridized carbons (Fsp3) is 1.00. The molecule has 0 aromatic heterocycles. The van der Waals surface area contributed by atoms with Gasteiger partial charge in [0, 0.05) is 25.1 Å². The molecule has 0 saturated heterocycles. The highest BCUT2D eigenvalue weighted by Crippen LogP contribution is 2.21. The summed E-state index contributed by atoms with van der Waals surface area (Å²) in [5.74, 6) is 0.306. The van der Waals surface area contributed by atoms with E-state index in [-0.39, 0.29) is 18.6 Å². The Labute approximate surface area is 102 Å². The average Bonchev–Trinajstić information content (AvgIpc) is 2.11. The van der Waals surface area contributed by atoms with E-state index in [2.05, 4.69) is 26.1 Å². The zero-order chi connectivity index (χ0) is 13.5. The lowest BCUT2D eigenvalue weighted by molar-refractivity contribution is -0.138. The van der Waals surface area contributed by atoms with Crippen LogP contribution in [0.4, 0.5) is 13.2 Å². The molecule has 0 fully saturated rings. The van der Waals surface area contributed by atoms with Crippen molar-refractivity contribution < 1.29 is 17.9 Å². The van der Waals surface area contributed by atoms with Crippen molar-refractivity contribution in [3.05, 3.63) is 0 Å². The maximum absolute atomic E-state index is 11.8. The van der Waals surface area contributed by atoms with Crippen molar-refractivity contribution in [1.82, 2.24) is 5.32 Å². The van der Waals surface area contributed by atoms with Crippen molar-refractivity contribution >= 4 is 0 Å². The number of hydrogen-bond donors (Lipinski definition) is 1. The summed E-state index contributed by atoms with van der Waals surface area (Å²) in [4.78, 5) is 0. The molecule has 0 aliphatic rings. The summed E-state index contributed by atoms with van der Waals surface area (Å²) in [6, 6.07) is 0. The summed E-state index contributed by atoms with van der Waals surface area (Å²) < 4.78 is 40.7. The van der Waals surface area contributed by atoms with Crippen molar-refractivity contribution in [2.75, 3.05) is 19.8 Å². The quantitative estimate of drug-likeness (QED) is 0.704. The van der Waals surface area contributed by atoms with Gasteiger partial charge in [-0.2, -0.15) is 13.2 Å². The van der Waals surface area contributed by atoms with E-state index in [0.29, 0.717) is 12.5 Å². The highest BCUT2D eigenvalue weighted by Gasteiger charge is 2.25. The van der Waals surface area contributed by atoms with Crippen LogP contribution in [0, 0.1) is 5.92 Å². The van der Waals surface area contributed by atoms with E-state index >= 15 is 0 Å². The molecule has 1 unspecified atom stereocenters. The van der Waals surface area contributed by atoms with Gasteiger partial charge in [0.25, 0.3) is 0 Å². The SMILES string of the molecule is CC(CNC(C)(C)C)COCCCC(F)(F)F. The van der Waals surface area contributed by atoms with Crippen molar-refractivity contribution in [1.29, 1.82) is 0 Å². The van der Waals surface area contributed by atoms with Gasteiger partial charge in [0.1, 0.15) is 0 Å². The first-order valence-electron chi connectivity index (χ1n) is 6.00. The fourth-order valence-corrected chi connectivity index (χ4v) is 1.20. The fourth-order valence-electron chi connectivity index (χ4n) is 1.20. The van der Waals surface area contributed by atoms with Crippen LogP contribution in [0.25, 0.3) is 0 Å². The van der Waals surface area contributed by atoms with Crippen LogP contribution in [0.2, 0.25) is 0 Å². The molecular formula is C12H24F3NO. The third-order valence-corrected chi connectivity index (χ3v) is 2.13. The van der Waals surface area contributed by atoms with Crippen molar-refractivity contribution in [3.63, 3.8) is 0 Å². The number of rotatable bonds is 7. The van der Waals surface area contributed by atoms with Gasteiger partial charge >= 0.3 is 6.18 Å². The van der Waals surface area contributed by atoms with E-state index in [1.807, 2.05) is 6.92 Å². The predicted octanol–water partition coefficient (Wildman–Crippen LogP) is 3.37. The van der Waals surface area contributed by atoms with Crippen LogP contribution in [-0.4, -0.2) is 31.5 Å². The zero-order valence-electron chi connectivity index (χ0n) is 11.2. The van der Waals surface area contributed by atoms with E-state index in [1.54, 1.807) is 0 Å². The van der Waals surface area contributed by atoms with Crippen LogP contribution in [0.1, 0.15) is 40.5 Å². The maximum Gasteiger partial charge on any atom is 0.389 e. The number of halogens is 3. The molecule has 104 valence electrons. The van der Waals surface area contributed by atoms with Crippen LogP contribution in [0.15, 0.2) is 0 Å². The van der Waals surface area contributed by atoms with Crippen LogP contribution in [0.5, 0.6) is 0 Å². The van der Waals surface area contributed by atoms with Gasteiger partial charge in [0.05, 0.1) is 6.61 Å². The third kappa shape index (κ3) is 13.6. The van der Waals surface area contributed by atoms with E-state index in [0.717, 1.165) is 6.54 Å². The average molecular weight is 255 g/mol. The number of hydrogen-bond acceptors (Lipinski definition) is 2. The van der Waals surface area contributed by atoms with Crippen LogP contribution < -0.4 is 5.32 Å². The lowest BCUT2D eigenvalue weighted by Gasteiger charge is -2.23. The second-order valence-corrected chi connectivity index (χ2v) is 5.53. The topological polar surface area (TPSA) is 21.3 Å². The minimum absolute atomic E-state index is 0.0446. The molecule has 5 heteroatoms. The second-order valence-electron chi connectivity index (χ2n) is 5.53. The van der Waals surface area contributed by atoms with Crippen molar-refractivity contribution in [3.8, 4) is 0 Å². The van der Waals surface area contributed by atoms with Gasteiger partial charge in [0.2, 0.25) is 0 Å². The van der Waals surface area contributed by atoms with E-state index in [4.69, 9.17) is 4.74 Å². The Hall–Kier alpha value is -0.290. The largest absolute Gasteiger partial charge is 0.389 e. The van der Waals surface area contributed by atoms with E-state index in [9.17, 15) is 13.2 Å². The summed E-state index contributed by atoms with van der Waals surface area (Å²) >= 11 is 0. The summed E-state index contributed by atoms with van der Waals surface area (Å²) in [5.41, 5.74) is 0.0601. The smallest absolute Gasteiger partial charge is 0.381 e. The van der Waals surface area contributed by atoms with Gasteiger partial charge in [-0.3, -0.25) is 0 Å². The number of alkyl halides is 3. The van der Waals surface area contributed by atoms with Gasteiger partial charge < -0.3 is 10.1 Å². The second kappa shape index (κ2) is 7.21. The molecule has 0 rings (SSSR count). The van der Waals surface area contributed by atoms with Gasteiger partial charge in [-0.15, -0.1) is 0 Å². The van der Waals surface area contributed by atoms with Gasteiger partial charge in [0.15, 0.2) is 0 Å². The summed E-state index contributed by atoms with van der Waals surface area (Å²) in [6.07, 6.45) is -4.78. The molecule has 0 heterocycles. The molecule has 0 aromatic rings. The normalized spacial score (nSPS) is 15.0. The zero-order valence-corrected chi connectivity index (χ0v) is 11.2. The molecule has 17 heavy (non-hydrogen) atoms. The standard InChI is InChI=1S/C12H24F3NO/c1-10(8-16-11(2,3)4)9-17-7-5-6-12(13,14)15/h10,16H,5-9H2,1-4H3. The van der Waals surface area contributed by atoms with Gasteiger partial charge in [-0.05, 0) is 33.1 Å². The molecule has 2 nitrogen and oxygen atoms in total. The third-order valence-electron chi connectivity index (χ3n) is 2.13. The summed E-state index contributed by atoms with van der Waals surface area (Å²) in [7, 11) is 0. The molecule has 0 bridgehead atoms. The molecule has 0 saturated carbocycles. The Morgan fingerprint density at radius 3 is 2.24 bits per heavy atom. The van der Waals surface area contributed by atoms with Crippen molar-refractivity contribution in [2.24, 2.45) is 5.92 Å². The Balaban J connectivity index is 3.43. The first kappa shape index (κ1) is 16.7. The minimum atomic E-state index is -4.07. The molecule has 0 radical (unpaired) electrons. The predicted molar refractivity (Wildman–Crippen MR) is 63.0 cm³/mol. The number of ether oxygens (including phenoxy) is 1. The van der Waals surface area contributed by atoms with Crippen LogP contribution >= 0.6 is 0 Å². The summed E-state index contributed by atoms with van der Waals surface area (Å²) in [6.45, 7) is 9.73. The molecule has 0 amide bonds. The molecular weight excluding hydrogens is 231 g/mol. The Kier molecular flexibility index (Phi) is 7.09. The molecule has 1 N–H and O–H groups in total. The maximum atomic E-state index is 11.8. The Morgan fingerprint density at radius 1 is 1.18 bits per heavy atom. The van der Waals surface area contributed by atoms with E-state index < -0.39 is 12.6 Å². The number of nitrogens with one attached hydrogen (secondary N) is 1. The Bertz CT molecular complexity index is 199. The highest BCUT2D eigenvalue weighted by atomic mass is 19.4. The van der Waals surface area contributed by atoms with Crippen molar-refractivity contribution in [2.45, 2.75) is 52.3 Å². The first-order valence-corrected chi connectivity index (χ1v) is 6.00. The highest BCUT2D eigenvalue weighted by molar-refractivity contribution is 4.71. The lowest BCUT2D eigenvalue weighted by atomic mass is 10.1. The molecule has 1 atom stereocenters. The lowest BCUT2D eigenvalue weighted by Crippen LogP contribution is -2.39. The molecule has 0 aromatic carbocycles. The van der Waals surface area contributed by atoms with Gasteiger partial charge in [-0.1, -0.05) is 6.92 Å². The monoisotopic (exact) mass is 255 g/mol. The van der Waals surface area contributed by atoms with E-state index in [1.165, 1.54) is 0 Å². The minimum Gasteiger partial charge on any atom is -0.381 e. The molecule has 0 spiro atoms. The molecule has 0 aliphatic heterocycles. The Morgan fingerprint density at radius 2 is 1.76 bits per heavy atom. The van der Waals surface area contributed by atoms with Gasteiger partial charge in [-0.25, -0.2) is 0 Å². The molecule has 0 aliphatic carbocycles. The van der Waals surface area contributed by atoms with Crippen LogP contribution in [-0.2, 0) is 4.74 Å². The first-order chi connectivity index (χ1) is 7.60. The van der Waals surface area contributed by atoms with Crippen LogP contribution in [0.3, 0.4) is 0 Å². The summed E-state index contributed by atoms with van der Waals surface area (Å²) in [5, 5.41) is 3.33.